The van der Waals surface area contributed by atoms with E-state index in [1.54, 1.807) is 0 Å². The molecule has 2 rings (SSSR count). The number of benzene rings is 1. The third-order valence-corrected chi connectivity index (χ3v) is 2.95. The molecule has 0 radical (unpaired) electrons. The minimum atomic E-state index is -1.04. The van der Waals surface area contributed by atoms with Gasteiger partial charge >= 0.3 is 5.97 Å². The van der Waals surface area contributed by atoms with Gasteiger partial charge in [0, 0.05) is 17.5 Å². The lowest BCUT2D eigenvalue weighted by Crippen LogP contribution is -2.29. The van der Waals surface area contributed by atoms with Gasteiger partial charge < -0.3 is 10.4 Å². The van der Waals surface area contributed by atoms with Crippen LogP contribution in [0.25, 0.3) is 10.9 Å². The second kappa shape index (κ2) is 6.14. The number of nitrogens with zero attached hydrogens (tertiary/aromatic N) is 1. The summed E-state index contributed by atoms with van der Waals surface area (Å²) in [5.41, 5.74) is 2.91. The molecule has 0 unspecified atom stereocenters. The number of aryl methyl sites for hydroxylation is 2. The Labute approximate surface area is 116 Å². The summed E-state index contributed by atoms with van der Waals surface area (Å²) in [6, 6.07) is 9.90. The van der Waals surface area contributed by atoms with E-state index >= 15 is 0 Å². The smallest absolute Gasteiger partial charge is 0.322 e. The van der Waals surface area contributed by atoms with Gasteiger partial charge in [-0.05, 0) is 31.5 Å². The molecule has 0 atom stereocenters. The molecule has 2 N–H and O–H groups in total. The Morgan fingerprint density at radius 3 is 2.80 bits per heavy atom. The number of aliphatic carboxylic acids is 1. The van der Waals surface area contributed by atoms with Gasteiger partial charge in [-0.1, -0.05) is 17.7 Å². The number of carboxylic acids is 1. The summed E-state index contributed by atoms with van der Waals surface area (Å²) in [4.78, 5) is 26.2. The normalized spacial score (nSPS) is 10.4. The van der Waals surface area contributed by atoms with Crippen molar-refractivity contribution in [3.63, 3.8) is 0 Å². The van der Waals surface area contributed by atoms with Crippen LogP contribution in [0.2, 0.25) is 0 Å². The molecule has 1 amide bonds. The molecule has 2 aromatic rings. The molecule has 1 aromatic heterocycles. The van der Waals surface area contributed by atoms with E-state index in [-0.39, 0.29) is 18.9 Å². The van der Waals surface area contributed by atoms with E-state index < -0.39 is 5.97 Å². The van der Waals surface area contributed by atoms with Crippen molar-refractivity contribution in [2.75, 3.05) is 6.54 Å². The van der Waals surface area contributed by atoms with Crippen molar-refractivity contribution in [2.24, 2.45) is 0 Å². The molecule has 0 aliphatic carbocycles. The van der Waals surface area contributed by atoms with Crippen molar-refractivity contribution in [1.82, 2.24) is 10.3 Å². The van der Waals surface area contributed by atoms with Crippen molar-refractivity contribution < 1.29 is 14.7 Å². The molecule has 0 fully saturated rings. The number of hydrogen-bond donors (Lipinski definition) is 2. The SMILES string of the molecule is Cc1ccc2nc(CCC(=O)NCC(=O)O)ccc2c1. The number of fused-ring (bicyclic) bond motifs is 1. The van der Waals surface area contributed by atoms with E-state index in [9.17, 15) is 9.59 Å². The van der Waals surface area contributed by atoms with E-state index in [2.05, 4.69) is 16.4 Å². The summed E-state index contributed by atoms with van der Waals surface area (Å²) in [6.07, 6.45) is 0.729. The Hall–Kier alpha value is -2.43. The average Bonchev–Trinajstić information content (AvgIpc) is 2.42. The zero-order valence-corrected chi connectivity index (χ0v) is 11.2. The van der Waals surface area contributed by atoms with Gasteiger partial charge in [0.2, 0.25) is 5.91 Å². The maximum absolute atomic E-state index is 11.4. The van der Waals surface area contributed by atoms with Crippen molar-refractivity contribution in [3.8, 4) is 0 Å². The number of pyridine rings is 1. The second-order valence-corrected chi connectivity index (χ2v) is 4.67. The van der Waals surface area contributed by atoms with Gasteiger partial charge in [0.15, 0.2) is 0 Å². The Bertz CT molecular complexity index is 653. The highest BCUT2D eigenvalue weighted by Gasteiger charge is 2.05. The molecule has 1 heterocycles. The van der Waals surface area contributed by atoms with Crippen molar-refractivity contribution in [3.05, 3.63) is 41.6 Å². The fraction of sp³-hybridized carbons (Fsp3) is 0.267. The minimum absolute atomic E-state index is 0.234. The van der Waals surface area contributed by atoms with Crippen LogP contribution in [0.5, 0.6) is 0 Å². The standard InChI is InChI=1S/C15H16N2O3/c1-10-2-6-13-11(8-10)3-4-12(17-13)5-7-14(18)16-9-15(19)20/h2-4,6,8H,5,7,9H2,1H3,(H,16,18)(H,19,20). The molecule has 5 nitrogen and oxygen atoms in total. The van der Waals surface area contributed by atoms with Crippen LogP contribution < -0.4 is 5.32 Å². The molecule has 104 valence electrons. The van der Waals surface area contributed by atoms with Crippen molar-refractivity contribution in [2.45, 2.75) is 19.8 Å². The molecule has 0 saturated heterocycles. The first-order valence-corrected chi connectivity index (χ1v) is 6.39. The number of aromatic nitrogens is 1. The first-order valence-electron chi connectivity index (χ1n) is 6.39. The summed E-state index contributed by atoms with van der Waals surface area (Å²) < 4.78 is 0. The van der Waals surface area contributed by atoms with Crippen LogP contribution in [-0.4, -0.2) is 28.5 Å². The second-order valence-electron chi connectivity index (χ2n) is 4.67. The van der Waals surface area contributed by atoms with Gasteiger partial charge in [-0.3, -0.25) is 14.6 Å². The van der Waals surface area contributed by atoms with Crippen LogP contribution in [0.3, 0.4) is 0 Å². The zero-order valence-electron chi connectivity index (χ0n) is 11.2. The molecule has 0 spiro atoms. The van der Waals surface area contributed by atoms with E-state index in [0.29, 0.717) is 6.42 Å². The molecule has 5 heteroatoms. The summed E-state index contributed by atoms with van der Waals surface area (Å²) in [7, 11) is 0. The Balaban J connectivity index is 1.98. The topological polar surface area (TPSA) is 79.3 Å². The van der Waals surface area contributed by atoms with Crippen LogP contribution in [0.1, 0.15) is 17.7 Å². The number of hydrogen-bond acceptors (Lipinski definition) is 3. The van der Waals surface area contributed by atoms with E-state index in [1.807, 2.05) is 31.2 Å². The van der Waals surface area contributed by atoms with Crippen LogP contribution in [0, 0.1) is 6.92 Å². The fourth-order valence-corrected chi connectivity index (χ4v) is 1.93. The lowest BCUT2D eigenvalue weighted by atomic mass is 10.1. The molecule has 0 bridgehead atoms. The molecule has 0 saturated carbocycles. The quantitative estimate of drug-likeness (QED) is 0.868. The molecular weight excluding hydrogens is 256 g/mol. The van der Waals surface area contributed by atoms with Crippen LogP contribution in [0.4, 0.5) is 0 Å². The molecule has 0 aliphatic rings. The fourth-order valence-electron chi connectivity index (χ4n) is 1.93. The molecule has 20 heavy (non-hydrogen) atoms. The predicted octanol–water partition coefficient (Wildman–Crippen LogP) is 1.68. The number of nitrogens with one attached hydrogen (secondary N) is 1. The summed E-state index contributed by atoms with van der Waals surface area (Å²) in [5.74, 6) is -1.32. The number of carbonyl (C=O) groups is 2. The summed E-state index contributed by atoms with van der Waals surface area (Å²) in [6.45, 7) is 1.68. The first-order chi connectivity index (χ1) is 9.54. The average molecular weight is 272 g/mol. The summed E-state index contributed by atoms with van der Waals surface area (Å²) >= 11 is 0. The van der Waals surface area contributed by atoms with Gasteiger partial charge in [0.1, 0.15) is 6.54 Å². The lowest BCUT2D eigenvalue weighted by molar-refractivity contribution is -0.137. The minimum Gasteiger partial charge on any atom is -0.480 e. The highest BCUT2D eigenvalue weighted by atomic mass is 16.4. The Morgan fingerprint density at radius 2 is 2.05 bits per heavy atom. The Kier molecular flexibility index (Phi) is 4.30. The zero-order chi connectivity index (χ0) is 14.5. The summed E-state index contributed by atoms with van der Waals surface area (Å²) in [5, 5.41) is 11.9. The third-order valence-electron chi connectivity index (χ3n) is 2.95. The van der Waals surface area contributed by atoms with Gasteiger partial charge in [-0.15, -0.1) is 0 Å². The van der Waals surface area contributed by atoms with Gasteiger partial charge in [-0.2, -0.15) is 0 Å². The predicted molar refractivity (Wildman–Crippen MR) is 75.4 cm³/mol. The maximum atomic E-state index is 11.4. The van der Waals surface area contributed by atoms with E-state index in [0.717, 1.165) is 16.6 Å². The Morgan fingerprint density at radius 1 is 1.25 bits per heavy atom. The van der Waals surface area contributed by atoms with Crippen molar-refractivity contribution in [1.29, 1.82) is 0 Å². The number of carbonyl (C=O) groups excluding carboxylic acids is 1. The van der Waals surface area contributed by atoms with Crippen LogP contribution >= 0.6 is 0 Å². The molecular formula is C15H16N2O3. The van der Waals surface area contributed by atoms with Gasteiger partial charge in [-0.25, -0.2) is 0 Å². The van der Waals surface area contributed by atoms with Gasteiger partial charge in [0.05, 0.1) is 5.52 Å². The number of rotatable bonds is 5. The largest absolute Gasteiger partial charge is 0.480 e. The number of carboxylic acid groups (broad SMARTS) is 1. The van der Waals surface area contributed by atoms with Crippen LogP contribution in [-0.2, 0) is 16.0 Å². The lowest BCUT2D eigenvalue weighted by Gasteiger charge is -2.04. The van der Waals surface area contributed by atoms with Crippen LogP contribution in [0.15, 0.2) is 30.3 Å². The van der Waals surface area contributed by atoms with E-state index in [1.165, 1.54) is 5.56 Å². The maximum Gasteiger partial charge on any atom is 0.322 e. The van der Waals surface area contributed by atoms with Crippen molar-refractivity contribution >= 4 is 22.8 Å². The van der Waals surface area contributed by atoms with E-state index in [4.69, 9.17) is 5.11 Å². The molecule has 0 aliphatic heterocycles. The first kappa shape index (κ1) is 14.0. The highest BCUT2D eigenvalue weighted by Crippen LogP contribution is 2.15. The molecule has 1 aromatic carbocycles. The van der Waals surface area contributed by atoms with Gasteiger partial charge in [0.25, 0.3) is 0 Å². The third kappa shape index (κ3) is 3.78. The highest BCUT2D eigenvalue weighted by molar-refractivity contribution is 5.81. The monoisotopic (exact) mass is 272 g/mol. The number of amides is 1.